The molecule has 2 aromatic rings. The lowest BCUT2D eigenvalue weighted by molar-refractivity contribution is 0.306. The molecule has 2 aromatic carbocycles. The first kappa shape index (κ1) is 20.8. The zero-order valence-electron chi connectivity index (χ0n) is 16.0. The Morgan fingerprint density at radius 1 is 0.793 bits per heavy atom. The van der Waals surface area contributed by atoms with Crippen molar-refractivity contribution in [3.05, 3.63) is 53.6 Å². The molecule has 2 fully saturated rings. The van der Waals surface area contributed by atoms with Gasteiger partial charge in [-0.2, -0.15) is 4.31 Å². The molecule has 0 bridgehead atoms. The number of halogens is 1. The van der Waals surface area contributed by atoms with Crippen molar-refractivity contribution >= 4 is 31.5 Å². The van der Waals surface area contributed by atoms with E-state index >= 15 is 0 Å². The van der Waals surface area contributed by atoms with Crippen molar-refractivity contribution in [2.75, 3.05) is 13.1 Å². The highest BCUT2D eigenvalue weighted by atomic mass is 35.5. The van der Waals surface area contributed by atoms with Crippen LogP contribution < -0.4 is 0 Å². The first-order valence-corrected chi connectivity index (χ1v) is 13.3. The Balaban J connectivity index is 1.46. The smallest absolute Gasteiger partial charge is 0.228 e. The Bertz CT molecular complexity index is 1090. The molecule has 2 aliphatic rings. The van der Waals surface area contributed by atoms with Gasteiger partial charge in [-0.05, 0) is 48.2 Å². The standard InChI is InChI=1S/C21H24ClNO4S2/c22-18-6-4-5-17(13-18)16-9-11-20(12-10-16)29(26,27)23-14-21(15-23)28(24,25)19-7-2-1-3-8-19/h4-6,9-13,19,21H,1-3,7-8,14-15H2. The lowest BCUT2D eigenvalue weighted by atomic mass is 10.0. The summed E-state index contributed by atoms with van der Waals surface area (Å²) < 4.78 is 52.6. The Kier molecular flexibility index (Phi) is 5.77. The van der Waals surface area contributed by atoms with Gasteiger partial charge in [-0.1, -0.05) is 55.1 Å². The van der Waals surface area contributed by atoms with Crippen LogP contribution in [-0.4, -0.2) is 44.7 Å². The Morgan fingerprint density at radius 3 is 2.07 bits per heavy atom. The van der Waals surface area contributed by atoms with Crippen LogP contribution in [0.25, 0.3) is 11.1 Å². The van der Waals surface area contributed by atoms with Gasteiger partial charge in [0.2, 0.25) is 10.0 Å². The lowest BCUT2D eigenvalue weighted by Gasteiger charge is -2.39. The number of rotatable bonds is 5. The van der Waals surface area contributed by atoms with Gasteiger partial charge >= 0.3 is 0 Å². The van der Waals surface area contributed by atoms with Gasteiger partial charge < -0.3 is 0 Å². The van der Waals surface area contributed by atoms with Crippen LogP contribution in [0, 0.1) is 0 Å². The molecule has 0 radical (unpaired) electrons. The Hall–Kier alpha value is -1.41. The van der Waals surface area contributed by atoms with Crippen LogP contribution in [0.4, 0.5) is 0 Å². The second kappa shape index (κ2) is 8.02. The number of hydrogen-bond acceptors (Lipinski definition) is 4. The highest BCUT2D eigenvalue weighted by molar-refractivity contribution is 7.93. The number of sulfonamides is 1. The van der Waals surface area contributed by atoms with Crippen molar-refractivity contribution in [2.45, 2.75) is 47.5 Å². The third-order valence-electron chi connectivity index (χ3n) is 5.95. The second-order valence-corrected chi connectivity index (χ2v) is 12.7. The minimum Gasteiger partial charge on any atom is -0.228 e. The predicted octanol–water partition coefficient (Wildman–Crippen LogP) is 4.13. The van der Waals surface area contributed by atoms with Crippen LogP contribution >= 0.6 is 11.6 Å². The molecule has 29 heavy (non-hydrogen) atoms. The zero-order valence-corrected chi connectivity index (χ0v) is 18.4. The third kappa shape index (κ3) is 4.10. The fourth-order valence-corrected chi connectivity index (χ4v) is 8.33. The molecule has 8 heteroatoms. The Morgan fingerprint density at radius 2 is 1.45 bits per heavy atom. The van der Waals surface area contributed by atoms with E-state index in [9.17, 15) is 16.8 Å². The fraction of sp³-hybridized carbons (Fsp3) is 0.429. The molecule has 0 atom stereocenters. The van der Waals surface area contributed by atoms with Gasteiger partial charge in [-0.25, -0.2) is 16.8 Å². The summed E-state index contributed by atoms with van der Waals surface area (Å²) >= 11 is 6.02. The highest BCUT2D eigenvalue weighted by Gasteiger charge is 2.46. The van der Waals surface area contributed by atoms with Gasteiger partial charge in [-0.15, -0.1) is 0 Å². The normalized spacial score (nSPS) is 19.8. The SMILES string of the molecule is O=S(=O)(C1CCCCC1)C1CN(S(=O)(=O)c2ccc(-c3cccc(Cl)c3)cc2)C1. The number of hydrogen-bond donors (Lipinski definition) is 0. The Labute approximate surface area is 177 Å². The van der Waals surface area contributed by atoms with Crippen LogP contribution in [0.1, 0.15) is 32.1 Å². The van der Waals surface area contributed by atoms with Gasteiger partial charge in [0.15, 0.2) is 9.84 Å². The molecule has 0 aromatic heterocycles. The van der Waals surface area contributed by atoms with Gasteiger partial charge in [-0.3, -0.25) is 0 Å². The third-order valence-corrected chi connectivity index (χ3v) is 10.7. The average Bonchev–Trinajstić information content (AvgIpc) is 2.67. The van der Waals surface area contributed by atoms with Crippen molar-refractivity contribution in [2.24, 2.45) is 0 Å². The summed E-state index contributed by atoms with van der Waals surface area (Å²) in [4.78, 5) is 0.178. The van der Waals surface area contributed by atoms with E-state index in [0.29, 0.717) is 17.9 Å². The average molecular weight is 454 g/mol. The number of benzene rings is 2. The van der Waals surface area contributed by atoms with Crippen molar-refractivity contribution in [1.82, 2.24) is 4.31 Å². The van der Waals surface area contributed by atoms with Crippen molar-refractivity contribution in [3.8, 4) is 11.1 Å². The summed E-state index contributed by atoms with van der Waals surface area (Å²) in [5.74, 6) is 0. The summed E-state index contributed by atoms with van der Waals surface area (Å²) in [6, 6.07) is 14.0. The summed E-state index contributed by atoms with van der Waals surface area (Å²) in [5, 5.41) is -0.265. The topological polar surface area (TPSA) is 71.5 Å². The maximum absolute atomic E-state index is 12.9. The quantitative estimate of drug-likeness (QED) is 0.682. The maximum atomic E-state index is 12.9. The first-order valence-electron chi connectivity index (χ1n) is 9.87. The van der Waals surface area contributed by atoms with E-state index in [-0.39, 0.29) is 23.2 Å². The minimum atomic E-state index is -3.69. The highest BCUT2D eigenvalue weighted by Crippen LogP contribution is 2.33. The number of nitrogens with zero attached hydrogens (tertiary/aromatic N) is 1. The van der Waals surface area contributed by atoms with E-state index in [1.807, 2.05) is 18.2 Å². The molecule has 4 rings (SSSR count). The van der Waals surface area contributed by atoms with E-state index in [1.54, 1.807) is 30.3 Å². The van der Waals surface area contributed by atoms with Gasteiger partial charge in [0.05, 0.1) is 15.4 Å². The van der Waals surface area contributed by atoms with Gasteiger partial charge in [0.25, 0.3) is 0 Å². The lowest BCUT2D eigenvalue weighted by Crippen LogP contribution is -2.58. The maximum Gasteiger partial charge on any atom is 0.243 e. The molecule has 0 unspecified atom stereocenters. The minimum absolute atomic E-state index is 0.0528. The predicted molar refractivity (Wildman–Crippen MR) is 115 cm³/mol. The number of sulfone groups is 1. The van der Waals surface area contributed by atoms with E-state index in [1.165, 1.54) is 4.31 Å². The van der Waals surface area contributed by atoms with Crippen LogP contribution in [-0.2, 0) is 19.9 Å². The van der Waals surface area contributed by atoms with Crippen LogP contribution in [0.15, 0.2) is 53.4 Å². The summed E-state index contributed by atoms with van der Waals surface area (Å²) in [6.45, 7) is 0.106. The largest absolute Gasteiger partial charge is 0.243 e. The fourth-order valence-electron chi connectivity index (χ4n) is 4.11. The summed E-state index contributed by atoms with van der Waals surface area (Å²) in [6.07, 6.45) is 4.38. The molecule has 1 aliphatic carbocycles. The molecule has 1 heterocycles. The molecular formula is C21H24ClNO4S2. The molecule has 0 spiro atoms. The van der Waals surface area contributed by atoms with Gasteiger partial charge in [0.1, 0.15) is 0 Å². The molecule has 156 valence electrons. The summed E-state index contributed by atoms with van der Waals surface area (Å²) in [5.41, 5.74) is 1.77. The van der Waals surface area contributed by atoms with Crippen LogP contribution in [0.5, 0.6) is 0 Å². The van der Waals surface area contributed by atoms with E-state index in [2.05, 4.69) is 0 Å². The van der Waals surface area contributed by atoms with E-state index in [4.69, 9.17) is 11.6 Å². The van der Waals surface area contributed by atoms with Gasteiger partial charge in [0, 0.05) is 18.1 Å². The summed E-state index contributed by atoms with van der Waals surface area (Å²) in [7, 11) is -6.96. The first-order chi connectivity index (χ1) is 13.8. The van der Waals surface area contributed by atoms with E-state index in [0.717, 1.165) is 30.4 Å². The van der Waals surface area contributed by atoms with E-state index < -0.39 is 25.1 Å². The van der Waals surface area contributed by atoms with Crippen molar-refractivity contribution in [3.63, 3.8) is 0 Å². The zero-order chi connectivity index (χ0) is 20.6. The van der Waals surface area contributed by atoms with Crippen molar-refractivity contribution < 1.29 is 16.8 Å². The molecule has 1 saturated carbocycles. The van der Waals surface area contributed by atoms with Crippen LogP contribution in [0.3, 0.4) is 0 Å². The molecule has 1 saturated heterocycles. The molecule has 1 aliphatic heterocycles. The second-order valence-electron chi connectivity index (χ2n) is 7.83. The van der Waals surface area contributed by atoms with Crippen molar-refractivity contribution in [1.29, 1.82) is 0 Å². The molecule has 5 nitrogen and oxygen atoms in total. The molecular weight excluding hydrogens is 430 g/mol. The van der Waals surface area contributed by atoms with Crippen LogP contribution in [0.2, 0.25) is 5.02 Å². The molecule has 0 N–H and O–H groups in total. The monoisotopic (exact) mass is 453 g/mol. The molecule has 0 amide bonds.